The van der Waals surface area contributed by atoms with Crippen LogP contribution in [0.1, 0.15) is 104 Å². The summed E-state index contributed by atoms with van der Waals surface area (Å²) in [6.07, 6.45) is 18.6. The van der Waals surface area contributed by atoms with Crippen molar-refractivity contribution in [1.29, 1.82) is 0 Å². The minimum Gasteiger partial charge on any atom is -0.294 e. The van der Waals surface area contributed by atoms with E-state index in [0.717, 1.165) is 12.8 Å². The molecule has 2 nitrogen and oxygen atoms in total. The average molecular weight is 309 g/mol. The lowest BCUT2D eigenvalue weighted by atomic mass is 10.0. The summed E-state index contributed by atoms with van der Waals surface area (Å²) in [5.74, 6) is -0.210. The second-order valence-corrected chi connectivity index (χ2v) is 6.41. The first-order valence-electron chi connectivity index (χ1n) is 9.31. The highest BCUT2D eigenvalue weighted by Gasteiger charge is 2.07. The van der Waals surface area contributed by atoms with Gasteiger partial charge in [0.15, 0.2) is 11.6 Å². The lowest BCUT2D eigenvalue weighted by molar-refractivity contribution is -0.119. The molecule has 0 saturated carbocycles. The van der Waals surface area contributed by atoms with E-state index >= 15 is 0 Å². The molecule has 0 aromatic rings. The number of allylic oxidation sites excluding steroid dienone is 2. The highest BCUT2D eigenvalue weighted by atomic mass is 16.1. The topological polar surface area (TPSA) is 34.1 Å². The molecule has 0 amide bonds. The Labute approximate surface area is 137 Å². The number of rotatable bonds is 15. The van der Waals surface area contributed by atoms with Crippen molar-refractivity contribution >= 4 is 11.6 Å². The van der Waals surface area contributed by atoms with E-state index in [1.165, 1.54) is 84.5 Å². The van der Waals surface area contributed by atoms with Gasteiger partial charge in [-0.1, -0.05) is 83.6 Å². The summed E-state index contributed by atoms with van der Waals surface area (Å²) in [4.78, 5) is 22.5. The molecule has 0 aromatic heterocycles. The number of Topliss-reactive ketones (excluding diaryl/α,β-unsaturated/α-hetero) is 2. The smallest absolute Gasteiger partial charge is 0.163 e. The predicted octanol–water partition coefficient (Wildman–Crippen LogP) is 6.18. The van der Waals surface area contributed by atoms with Crippen LogP contribution in [0.5, 0.6) is 0 Å². The van der Waals surface area contributed by atoms with Crippen LogP contribution < -0.4 is 0 Å². The van der Waals surface area contributed by atoms with Crippen molar-refractivity contribution < 1.29 is 9.59 Å². The maximum atomic E-state index is 11.2. The van der Waals surface area contributed by atoms with Crippen LogP contribution in [0.3, 0.4) is 0 Å². The van der Waals surface area contributed by atoms with Crippen LogP contribution in [0.2, 0.25) is 0 Å². The maximum Gasteiger partial charge on any atom is 0.163 e. The molecular weight excluding hydrogens is 272 g/mol. The molecule has 2 heteroatoms. The van der Waals surface area contributed by atoms with Gasteiger partial charge in [-0.15, -0.1) is 0 Å². The molecule has 0 aromatic carbocycles. The molecule has 0 radical (unpaired) electrons. The van der Waals surface area contributed by atoms with Crippen molar-refractivity contribution in [3.8, 4) is 0 Å². The largest absolute Gasteiger partial charge is 0.294 e. The van der Waals surface area contributed by atoms with Gasteiger partial charge in [0.1, 0.15) is 0 Å². The van der Waals surface area contributed by atoms with Gasteiger partial charge < -0.3 is 0 Å². The van der Waals surface area contributed by atoms with Gasteiger partial charge in [-0.2, -0.15) is 0 Å². The van der Waals surface area contributed by atoms with E-state index in [1.807, 2.05) is 6.08 Å². The van der Waals surface area contributed by atoms with Gasteiger partial charge in [0.25, 0.3) is 0 Å². The molecule has 0 rings (SSSR count). The lowest BCUT2D eigenvalue weighted by Gasteiger charge is -2.02. The SMILES string of the molecule is CCCCCCCCCCCCCCC=C(C(C)=O)C(C)=O. The fraction of sp³-hybridized carbons (Fsp3) is 0.800. The minimum absolute atomic E-state index is 0.105. The summed E-state index contributed by atoms with van der Waals surface area (Å²) in [6, 6.07) is 0. The van der Waals surface area contributed by atoms with Crippen LogP contribution in [-0.4, -0.2) is 11.6 Å². The molecule has 0 aliphatic carbocycles. The van der Waals surface area contributed by atoms with Crippen LogP contribution in [-0.2, 0) is 9.59 Å². The molecule has 0 bridgehead atoms. The van der Waals surface area contributed by atoms with E-state index in [-0.39, 0.29) is 11.6 Å². The van der Waals surface area contributed by atoms with Crippen LogP contribution in [0, 0.1) is 0 Å². The molecule has 22 heavy (non-hydrogen) atoms. The highest BCUT2D eigenvalue weighted by Crippen LogP contribution is 2.13. The fourth-order valence-corrected chi connectivity index (χ4v) is 2.77. The molecule has 0 heterocycles. The Morgan fingerprint density at radius 1 is 0.636 bits per heavy atom. The number of hydrogen-bond acceptors (Lipinski definition) is 2. The number of carbonyl (C=O) groups excluding carboxylic acids is 2. The number of carbonyl (C=O) groups is 2. The van der Waals surface area contributed by atoms with Crippen molar-refractivity contribution in [2.24, 2.45) is 0 Å². The van der Waals surface area contributed by atoms with Crippen LogP contribution in [0.25, 0.3) is 0 Å². The average Bonchev–Trinajstić information content (AvgIpc) is 2.46. The van der Waals surface area contributed by atoms with Gasteiger partial charge in [-0.25, -0.2) is 0 Å². The quantitative estimate of drug-likeness (QED) is 0.157. The third kappa shape index (κ3) is 12.8. The van der Waals surface area contributed by atoms with Gasteiger partial charge in [-0.3, -0.25) is 9.59 Å². The first-order chi connectivity index (χ1) is 10.6. The van der Waals surface area contributed by atoms with Crippen LogP contribution >= 0.6 is 0 Å². The molecule has 0 atom stereocenters. The molecule has 0 aliphatic heterocycles. The van der Waals surface area contributed by atoms with Crippen molar-refractivity contribution in [2.45, 2.75) is 104 Å². The van der Waals surface area contributed by atoms with Crippen molar-refractivity contribution in [3.05, 3.63) is 11.6 Å². The van der Waals surface area contributed by atoms with Crippen LogP contribution in [0.4, 0.5) is 0 Å². The summed E-state index contributed by atoms with van der Waals surface area (Å²) < 4.78 is 0. The molecule has 128 valence electrons. The monoisotopic (exact) mass is 308 g/mol. The van der Waals surface area contributed by atoms with Gasteiger partial charge in [0, 0.05) is 0 Å². The zero-order valence-corrected chi connectivity index (χ0v) is 15.1. The third-order valence-electron chi connectivity index (χ3n) is 4.16. The molecule has 0 saturated heterocycles. The second kappa shape index (κ2) is 15.0. The first-order valence-corrected chi connectivity index (χ1v) is 9.31. The van der Waals surface area contributed by atoms with Crippen LogP contribution in [0.15, 0.2) is 11.6 Å². The molecule has 0 N–H and O–H groups in total. The van der Waals surface area contributed by atoms with E-state index in [1.54, 1.807) is 0 Å². The summed E-state index contributed by atoms with van der Waals surface area (Å²) in [6.45, 7) is 5.20. The number of hydrogen-bond donors (Lipinski definition) is 0. The predicted molar refractivity (Wildman–Crippen MR) is 95.1 cm³/mol. The maximum absolute atomic E-state index is 11.2. The number of unbranched alkanes of at least 4 members (excludes halogenated alkanes) is 12. The normalized spacial score (nSPS) is 10.5. The molecular formula is C20H36O2. The van der Waals surface area contributed by atoms with E-state index in [4.69, 9.17) is 0 Å². The van der Waals surface area contributed by atoms with E-state index < -0.39 is 0 Å². The summed E-state index contributed by atoms with van der Waals surface area (Å²) >= 11 is 0. The van der Waals surface area contributed by atoms with Gasteiger partial charge >= 0.3 is 0 Å². The minimum atomic E-state index is -0.105. The first kappa shape index (κ1) is 21.1. The zero-order chi connectivity index (χ0) is 16.6. The Morgan fingerprint density at radius 2 is 1.00 bits per heavy atom. The fourth-order valence-electron chi connectivity index (χ4n) is 2.77. The molecule has 0 unspecified atom stereocenters. The Bertz CT molecular complexity index is 313. The van der Waals surface area contributed by atoms with E-state index in [0.29, 0.717) is 5.57 Å². The van der Waals surface area contributed by atoms with Crippen molar-refractivity contribution in [1.82, 2.24) is 0 Å². The van der Waals surface area contributed by atoms with E-state index in [2.05, 4.69) is 6.92 Å². The standard InChI is InChI=1S/C20H36O2/c1-4-5-6-7-8-9-10-11-12-13-14-15-16-17-20(18(2)21)19(3)22/h17H,4-16H2,1-3H3. The summed E-state index contributed by atoms with van der Waals surface area (Å²) in [7, 11) is 0. The Balaban J connectivity index is 3.38. The highest BCUT2D eigenvalue weighted by molar-refractivity contribution is 6.18. The number of ketones is 2. The Kier molecular flexibility index (Phi) is 14.4. The summed E-state index contributed by atoms with van der Waals surface area (Å²) in [5, 5.41) is 0. The molecule has 0 spiro atoms. The molecule has 0 fully saturated rings. The summed E-state index contributed by atoms with van der Waals surface area (Å²) in [5.41, 5.74) is 0.378. The Morgan fingerprint density at radius 3 is 1.36 bits per heavy atom. The van der Waals surface area contributed by atoms with E-state index in [9.17, 15) is 9.59 Å². The molecule has 0 aliphatic rings. The van der Waals surface area contributed by atoms with Crippen molar-refractivity contribution in [2.75, 3.05) is 0 Å². The zero-order valence-electron chi connectivity index (χ0n) is 15.1. The van der Waals surface area contributed by atoms with Gasteiger partial charge in [0.05, 0.1) is 5.57 Å². The second-order valence-electron chi connectivity index (χ2n) is 6.41. The van der Waals surface area contributed by atoms with Crippen molar-refractivity contribution in [3.63, 3.8) is 0 Å². The lowest BCUT2D eigenvalue weighted by Crippen LogP contribution is -2.05. The third-order valence-corrected chi connectivity index (χ3v) is 4.16. The van der Waals surface area contributed by atoms with Gasteiger partial charge in [0.2, 0.25) is 0 Å². The van der Waals surface area contributed by atoms with Gasteiger partial charge in [-0.05, 0) is 26.7 Å². The Hall–Kier alpha value is -0.920.